The molecule has 1 aromatic rings. The van der Waals surface area contributed by atoms with Gasteiger partial charge in [-0.1, -0.05) is 18.2 Å². The van der Waals surface area contributed by atoms with Gasteiger partial charge in [0.05, 0.1) is 19.6 Å². The Hall–Kier alpha value is -3.10. The van der Waals surface area contributed by atoms with Crippen LogP contribution in [0, 0.1) is 0 Å². The van der Waals surface area contributed by atoms with Crippen molar-refractivity contribution in [1.29, 1.82) is 0 Å². The fraction of sp³-hybridized carbons (Fsp3) is 0.545. The Balaban J connectivity index is 1.42. The Morgan fingerprint density at radius 2 is 1.94 bits per heavy atom. The van der Waals surface area contributed by atoms with Crippen LogP contribution in [0.25, 0.3) is 0 Å². The summed E-state index contributed by atoms with van der Waals surface area (Å²) in [6, 6.07) is 7.33. The summed E-state index contributed by atoms with van der Waals surface area (Å²) in [5, 5.41) is 2.48. The van der Waals surface area contributed by atoms with E-state index in [0.29, 0.717) is 32.6 Å². The van der Waals surface area contributed by atoms with Crippen molar-refractivity contribution in [3.05, 3.63) is 29.8 Å². The van der Waals surface area contributed by atoms with Crippen molar-refractivity contribution in [3.63, 3.8) is 0 Å². The van der Waals surface area contributed by atoms with Crippen LogP contribution in [-0.4, -0.2) is 76.8 Å². The van der Waals surface area contributed by atoms with Gasteiger partial charge in [-0.3, -0.25) is 19.3 Å². The third kappa shape index (κ3) is 4.50. The molecule has 1 N–H and O–H groups in total. The lowest BCUT2D eigenvalue weighted by atomic mass is 9.91. The Morgan fingerprint density at radius 1 is 1.16 bits per heavy atom. The number of ether oxygens (including phenoxy) is 1. The van der Waals surface area contributed by atoms with Crippen LogP contribution in [0.1, 0.15) is 38.2 Å². The topological polar surface area (TPSA) is 99.3 Å². The molecule has 3 heterocycles. The van der Waals surface area contributed by atoms with Crippen molar-refractivity contribution in [3.8, 4) is 5.75 Å². The SMILES string of the molecule is CC(=O)N1Cc2ccccc2OC2(CCCN(C(=O)CCCN3C(=O)CNC3=O)C2)C1. The van der Waals surface area contributed by atoms with E-state index in [2.05, 4.69) is 5.32 Å². The highest BCUT2D eigenvalue weighted by atomic mass is 16.5. The van der Waals surface area contributed by atoms with Gasteiger partial charge in [0, 0.05) is 38.5 Å². The summed E-state index contributed by atoms with van der Waals surface area (Å²) in [5.74, 6) is 0.460. The summed E-state index contributed by atoms with van der Waals surface area (Å²) < 4.78 is 6.47. The lowest BCUT2D eigenvalue weighted by Gasteiger charge is -2.43. The summed E-state index contributed by atoms with van der Waals surface area (Å²) in [4.78, 5) is 53.2. The number of nitrogens with zero attached hydrogens (tertiary/aromatic N) is 3. The van der Waals surface area contributed by atoms with Gasteiger partial charge in [0.1, 0.15) is 11.4 Å². The molecule has 3 aliphatic rings. The molecule has 1 atom stereocenters. The lowest BCUT2D eigenvalue weighted by Crippen LogP contribution is -2.58. The summed E-state index contributed by atoms with van der Waals surface area (Å²) in [6.07, 6.45) is 2.22. The fourth-order valence-electron chi connectivity index (χ4n) is 4.58. The van der Waals surface area contributed by atoms with Gasteiger partial charge in [-0.15, -0.1) is 0 Å². The van der Waals surface area contributed by atoms with Crippen molar-refractivity contribution in [2.45, 2.75) is 44.8 Å². The van der Waals surface area contributed by atoms with Gasteiger partial charge in [-0.2, -0.15) is 0 Å². The highest BCUT2D eigenvalue weighted by Crippen LogP contribution is 2.35. The molecule has 0 aliphatic carbocycles. The minimum Gasteiger partial charge on any atom is -0.483 e. The number of piperidine rings is 1. The van der Waals surface area contributed by atoms with E-state index < -0.39 is 11.6 Å². The highest BCUT2D eigenvalue weighted by Gasteiger charge is 2.43. The van der Waals surface area contributed by atoms with E-state index in [1.54, 1.807) is 16.7 Å². The number of rotatable bonds is 4. The largest absolute Gasteiger partial charge is 0.483 e. The van der Waals surface area contributed by atoms with Crippen molar-refractivity contribution >= 4 is 23.8 Å². The number of para-hydroxylation sites is 1. The standard InChI is InChI=1S/C22H28N4O5/c1-16(27)25-13-17-6-2-3-7-18(17)31-22(15-25)9-5-10-24(14-22)19(28)8-4-11-26-20(29)12-23-21(26)30/h2-3,6-7H,4-5,8-15H2,1H3,(H,23,30). The Kier molecular flexibility index (Phi) is 5.84. The number of amides is 5. The predicted molar refractivity (Wildman–Crippen MR) is 111 cm³/mol. The lowest BCUT2D eigenvalue weighted by molar-refractivity contribution is -0.140. The molecule has 9 nitrogen and oxygen atoms in total. The molecule has 31 heavy (non-hydrogen) atoms. The maximum absolute atomic E-state index is 12.9. The summed E-state index contributed by atoms with van der Waals surface area (Å²) in [7, 11) is 0. The first-order chi connectivity index (χ1) is 14.9. The minimum absolute atomic E-state index is 0.0170. The third-order valence-corrected chi connectivity index (χ3v) is 6.19. The number of carbonyl (C=O) groups excluding carboxylic acids is 4. The van der Waals surface area contributed by atoms with Crippen LogP contribution in [0.2, 0.25) is 0 Å². The molecular weight excluding hydrogens is 400 g/mol. The van der Waals surface area contributed by atoms with Crippen molar-refractivity contribution in [2.75, 3.05) is 32.7 Å². The molecule has 1 spiro atoms. The maximum Gasteiger partial charge on any atom is 0.324 e. The molecule has 3 aliphatic heterocycles. The van der Waals surface area contributed by atoms with E-state index in [0.717, 1.165) is 29.1 Å². The summed E-state index contributed by atoms with van der Waals surface area (Å²) >= 11 is 0. The van der Waals surface area contributed by atoms with Crippen LogP contribution in [0.3, 0.4) is 0 Å². The predicted octanol–water partition coefficient (Wildman–Crippen LogP) is 1.12. The zero-order valence-electron chi connectivity index (χ0n) is 17.8. The van der Waals surface area contributed by atoms with Gasteiger partial charge >= 0.3 is 6.03 Å². The van der Waals surface area contributed by atoms with Crippen LogP contribution in [-0.2, 0) is 20.9 Å². The van der Waals surface area contributed by atoms with E-state index in [9.17, 15) is 19.2 Å². The maximum atomic E-state index is 12.9. The molecule has 0 saturated carbocycles. The van der Waals surface area contributed by atoms with Crippen LogP contribution in [0.15, 0.2) is 24.3 Å². The average Bonchev–Trinajstić information content (AvgIpc) is 2.97. The number of imide groups is 1. The number of carbonyl (C=O) groups is 4. The van der Waals surface area contributed by atoms with Gasteiger partial charge in [-0.05, 0) is 25.3 Å². The molecule has 1 aromatic carbocycles. The molecule has 1 unspecified atom stereocenters. The molecule has 0 radical (unpaired) electrons. The number of hydrogen-bond acceptors (Lipinski definition) is 5. The van der Waals surface area contributed by atoms with Crippen molar-refractivity contribution in [2.24, 2.45) is 0 Å². The highest BCUT2D eigenvalue weighted by molar-refractivity contribution is 6.01. The van der Waals surface area contributed by atoms with Crippen LogP contribution >= 0.6 is 0 Å². The van der Waals surface area contributed by atoms with E-state index in [4.69, 9.17) is 4.74 Å². The Bertz CT molecular complexity index is 888. The summed E-state index contributed by atoms with van der Waals surface area (Å²) in [5.41, 5.74) is 0.323. The second-order valence-electron chi connectivity index (χ2n) is 8.49. The van der Waals surface area contributed by atoms with Crippen molar-refractivity contribution in [1.82, 2.24) is 20.0 Å². The molecule has 2 saturated heterocycles. The molecule has 0 bridgehead atoms. The number of nitrogens with one attached hydrogen (secondary N) is 1. The van der Waals surface area contributed by atoms with Crippen LogP contribution in [0.4, 0.5) is 4.79 Å². The van der Waals surface area contributed by atoms with E-state index in [1.165, 1.54) is 0 Å². The zero-order valence-corrected chi connectivity index (χ0v) is 17.8. The molecule has 5 amide bonds. The Morgan fingerprint density at radius 3 is 2.68 bits per heavy atom. The molecule has 4 rings (SSSR count). The monoisotopic (exact) mass is 428 g/mol. The first-order valence-corrected chi connectivity index (χ1v) is 10.8. The average molecular weight is 428 g/mol. The number of benzene rings is 1. The van der Waals surface area contributed by atoms with E-state index >= 15 is 0 Å². The minimum atomic E-state index is -0.642. The van der Waals surface area contributed by atoms with Crippen LogP contribution < -0.4 is 10.1 Å². The van der Waals surface area contributed by atoms with Gasteiger partial charge in [0.15, 0.2) is 0 Å². The van der Waals surface area contributed by atoms with Gasteiger partial charge in [0.2, 0.25) is 17.7 Å². The Labute approximate surface area is 181 Å². The molecule has 2 fully saturated rings. The fourth-order valence-corrected chi connectivity index (χ4v) is 4.58. The van der Waals surface area contributed by atoms with Gasteiger partial charge in [-0.25, -0.2) is 4.79 Å². The normalized spacial score (nSPS) is 23.3. The first-order valence-electron chi connectivity index (χ1n) is 10.8. The van der Waals surface area contributed by atoms with Gasteiger partial charge < -0.3 is 19.9 Å². The quantitative estimate of drug-likeness (QED) is 0.725. The smallest absolute Gasteiger partial charge is 0.324 e. The molecule has 9 heteroatoms. The second kappa shape index (κ2) is 8.56. The molecule has 166 valence electrons. The molecule has 0 aromatic heterocycles. The van der Waals surface area contributed by atoms with E-state index in [-0.39, 0.29) is 37.2 Å². The van der Waals surface area contributed by atoms with Gasteiger partial charge in [0.25, 0.3) is 0 Å². The van der Waals surface area contributed by atoms with Crippen LogP contribution in [0.5, 0.6) is 5.75 Å². The second-order valence-corrected chi connectivity index (χ2v) is 8.49. The summed E-state index contributed by atoms with van der Waals surface area (Å²) in [6.45, 7) is 3.78. The van der Waals surface area contributed by atoms with E-state index in [1.807, 2.05) is 24.3 Å². The van der Waals surface area contributed by atoms with Crippen molar-refractivity contribution < 1.29 is 23.9 Å². The first kappa shape index (κ1) is 21.1. The third-order valence-electron chi connectivity index (χ3n) is 6.19. The number of fused-ring (bicyclic) bond motifs is 1. The molecular formula is C22H28N4O5. The number of urea groups is 1. The zero-order chi connectivity index (χ0) is 22.0. The number of hydrogen-bond donors (Lipinski definition) is 1. The number of likely N-dealkylation sites (tertiary alicyclic amines) is 1.